The summed E-state index contributed by atoms with van der Waals surface area (Å²) in [7, 11) is 0. The van der Waals surface area contributed by atoms with E-state index in [0.29, 0.717) is 6.54 Å². The predicted octanol–water partition coefficient (Wildman–Crippen LogP) is 1.32. The molecule has 0 aromatic heterocycles. The van der Waals surface area contributed by atoms with Gasteiger partial charge in [0.1, 0.15) is 0 Å². The Morgan fingerprint density at radius 1 is 1.64 bits per heavy atom. The smallest absolute Gasteiger partial charge is 0.0582 e. The summed E-state index contributed by atoms with van der Waals surface area (Å²) in [5.41, 5.74) is 7.01. The standard InChI is InChI=1S/C9H17NO/c1-3-9(6-11-7-9)8(2)4-5-10/h2-7,10H2,1H3. The van der Waals surface area contributed by atoms with Crippen molar-refractivity contribution in [2.75, 3.05) is 19.8 Å². The molecule has 64 valence electrons. The molecule has 0 aliphatic carbocycles. The van der Waals surface area contributed by atoms with Gasteiger partial charge in [-0.2, -0.15) is 0 Å². The minimum atomic E-state index is 0.277. The largest absolute Gasteiger partial charge is 0.379 e. The molecule has 1 fully saturated rings. The molecule has 0 aromatic carbocycles. The highest BCUT2D eigenvalue weighted by atomic mass is 16.5. The number of hydrogen-bond donors (Lipinski definition) is 1. The van der Waals surface area contributed by atoms with Gasteiger partial charge >= 0.3 is 0 Å². The topological polar surface area (TPSA) is 35.2 Å². The highest BCUT2D eigenvalue weighted by Crippen LogP contribution is 2.39. The van der Waals surface area contributed by atoms with Crippen LogP contribution >= 0.6 is 0 Å². The van der Waals surface area contributed by atoms with Crippen LogP contribution in [0.3, 0.4) is 0 Å². The summed E-state index contributed by atoms with van der Waals surface area (Å²) in [4.78, 5) is 0. The van der Waals surface area contributed by atoms with Crippen molar-refractivity contribution in [3.8, 4) is 0 Å². The van der Waals surface area contributed by atoms with E-state index in [9.17, 15) is 0 Å². The molecular weight excluding hydrogens is 138 g/mol. The minimum absolute atomic E-state index is 0.277. The van der Waals surface area contributed by atoms with Crippen molar-refractivity contribution >= 4 is 0 Å². The van der Waals surface area contributed by atoms with Crippen molar-refractivity contribution in [3.05, 3.63) is 12.2 Å². The van der Waals surface area contributed by atoms with Gasteiger partial charge in [-0.3, -0.25) is 0 Å². The Bertz CT molecular complexity index is 144. The van der Waals surface area contributed by atoms with Crippen LogP contribution in [0.15, 0.2) is 12.2 Å². The molecule has 0 unspecified atom stereocenters. The van der Waals surface area contributed by atoms with E-state index in [2.05, 4.69) is 13.5 Å². The normalized spacial score (nSPS) is 20.9. The zero-order chi connectivity index (χ0) is 8.32. The Kier molecular flexibility index (Phi) is 2.68. The van der Waals surface area contributed by atoms with Crippen LogP contribution in [0.2, 0.25) is 0 Å². The maximum absolute atomic E-state index is 5.46. The lowest BCUT2D eigenvalue weighted by Gasteiger charge is -2.42. The summed E-state index contributed by atoms with van der Waals surface area (Å²) in [5, 5.41) is 0. The van der Waals surface area contributed by atoms with Crippen LogP contribution in [-0.2, 0) is 4.74 Å². The van der Waals surface area contributed by atoms with E-state index in [1.165, 1.54) is 5.57 Å². The van der Waals surface area contributed by atoms with E-state index in [1.54, 1.807) is 0 Å². The van der Waals surface area contributed by atoms with E-state index < -0.39 is 0 Å². The molecule has 11 heavy (non-hydrogen) atoms. The van der Waals surface area contributed by atoms with Crippen LogP contribution in [-0.4, -0.2) is 19.8 Å². The quantitative estimate of drug-likeness (QED) is 0.621. The second kappa shape index (κ2) is 3.37. The number of ether oxygens (including phenoxy) is 1. The maximum Gasteiger partial charge on any atom is 0.0582 e. The average Bonchev–Trinajstić information content (AvgIpc) is 1.87. The average molecular weight is 155 g/mol. The predicted molar refractivity (Wildman–Crippen MR) is 46.4 cm³/mol. The molecule has 2 N–H and O–H groups in total. The Morgan fingerprint density at radius 2 is 2.27 bits per heavy atom. The van der Waals surface area contributed by atoms with Crippen LogP contribution < -0.4 is 5.73 Å². The molecule has 0 aromatic rings. The molecule has 1 heterocycles. The first kappa shape index (κ1) is 8.75. The van der Waals surface area contributed by atoms with Gasteiger partial charge in [0, 0.05) is 5.41 Å². The molecule has 0 radical (unpaired) electrons. The number of rotatable bonds is 4. The van der Waals surface area contributed by atoms with Crippen molar-refractivity contribution in [1.29, 1.82) is 0 Å². The van der Waals surface area contributed by atoms with Crippen LogP contribution in [0.25, 0.3) is 0 Å². The molecular formula is C9H17NO. The summed E-state index contributed by atoms with van der Waals surface area (Å²) >= 11 is 0. The van der Waals surface area contributed by atoms with Gasteiger partial charge in [-0.15, -0.1) is 0 Å². The zero-order valence-electron chi connectivity index (χ0n) is 7.23. The monoisotopic (exact) mass is 155 g/mol. The summed E-state index contributed by atoms with van der Waals surface area (Å²) in [5.74, 6) is 0. The number of hydrogen-bond acceptors (Lipinski definition) is 2. The lowest BCUT2D eigenvalue weighted by molar-refractivity contribution is -0.0920. The van der Waals surface area contributed by atoms with E-state index >= 15 is 0 Å². The van der Waals surface area contributed by atoms with E-state index in [1.807, 2.05) is 0 Å². The second-order valence-electron chi connectivity index (χ2n) is 3.27. The first-order chi connectivity index (χ1) is 5.25. The van der Waals surface area contributed by atoms with E-state index in [4.69, 9.17) is 10.5 Å². The van der Waals surface area contributed by atoms with Crippen LogP contribution in [0.5, 0.6) is 0 Å². The molecule has 1 aliphatic heterocycles. The second-order valence-corrected chi connectivity index (χ2v) is 3.27. The summed E-state index contributed by atoms with van der Waals surface area (Å²) in [6.45, 7) is 8.64. The van der Waals surface area contributed by atoms with Gasteiger partial charge in [0.05, 0.1) is 13.2 Å². The van der Waals surface area contributed by atoms with Crippen LogP contribution in [0, 0.1) is 5.41 Å². The van der Waals surface area contributed by atoms with E-state index in [0.717, 1.165) is 26.1 Å². The van der Waals surface area contributed by atoms with Gasteiger partial charge < -0.3 is 10.5 Å². The fraction of sp³-hybridized carbons (Fsp3) is 0.778. The first-order valence-electron chi connectivity index (χ1n) is 4.21. The van der Waals surface area contributed by atoms with Gasteiger partial charge in [0.25, 0.3) is 0 Å². The zero-order valence-corrected chi connectivity index (χ0v) is 7.23. The Hall–Kier alpha value is -0.340. The lowest BCUT2D eigenvalue weighted by Crippen LogP contribution is -2.43. The molecule has 2 nitrogen and oxygen atoms in total. The van der Waals surface area contributed by atoms with Crippen LogP contribution in [0.4, 0.5) is 0 Å². The molecule has 0 spiro atoms. The Morgan fingerprint density at radius 3 is 2.55 bits per heavy atom. The van der Waals surface area contributed by atoms with Crippen molar-refractivity contribution < 1.29 is 4.74 Å². The highest BCUT2D eigenvalue weighted by molar-refractivity contribution is 5.14. The fourth-order valence-corrected chi connectivity index (χ4v) is 1.45. The molecule has 0 bridgehead atoms. The maximum atomic E-state index is 5.46. The van der Waals surface area contributed by atoms with Gasteiger partial charge in [-0.1, -0.05) is 19.1 Å². The van der Waals surface area contributed by atoms with Crippen molar-refractivity contribution in [2.24, 2.45) is 11.1 Å². The highest BCUT2D eigenvalue weighted by Gasteiger charge is 2.38. The molecule has 1 saturated heterocycles. The molecule has 0 amide bonds. The third-order valence-corrected chi connectivity index (χ3v) is 2.63. The summed E-state index contributed by atoms with van der Waals surface area (Å²) in [6, 6.07) is 0. The fourth-order valence-electron chi connectivity index (χ4n) is 1.45. The first-order valence-corrected chi connectivity index (χ1v) is 4.21. The van der Waals surface area contributed by atoms with Gasteiger partial charge in [0.2, 0.25) is 0 Å². The summed E-state index contributed by atoms with van der Waals surface area (Å²) in [6.07, 6.45) is 2.07. The Balaban J connectivity index is 2.47. The summed E-state index contributed by atoms with van der Waals surface area (Å²) < 4.78 is 5.19. The van der Waals surface area contributed by atoms with Gasteiger partial charge in [-0.25, -0.2) is 0 Å². The Labute approximate surface area is 68.4 Å². The van der Waals surface area contributed by atoms with Crippen molar-refractivity contribution in [1.82, 2.24) is 0 Å². The van der Waals surface area contributed by atoms with Crippen molar-refractivity contribution in [3.63, 3.8) is 0 Å². The number of nitrogens with two attached hydrogens (primary N) is 1. The lowest BCUT2D eigenvalue weighted by atomic mass is 9.75. The molecule has 0 atom stereocenters. The third kappa shape index (κ3) is 1.47. The molecule has 0 saturated carbocycles. The van der Waals surface area contributed by atoms with Crippen LogP contribution in [0.1, 0.15) is 19.8 Å². The minimum Gasteiger partial charge on any atom is -0.379 e. The van der Waals surface area contributed by atoms with E-state index in [-0.39, 0.29) is 5.41 Å². The van der Waals surface area contributed by atoms with Crippen molar-refractivity contribution in [2.45, 2.75) is 19.8 Å². The van der Waals surface area contributed by atoms with Gasteiger partial charge in [0.15, 0.2) is 0 Å². The SMILES string of the molecule is C=C(CCN)C1(CC)COC1. The molecule has 1 aliphatic rings. The third-order valence-electron chi connectivity index (χ3n) is 2.63. The molecule has 1 rings (SSSR count). The van der Waals surface area contributed by atoms with Gasteiger partial charge in [-0.05, 0) is 19.4 Å². The molecule has 2 heteroatoms.